The number of esters is 1. The molecule has 1 atom stereocenters. The standard InChI is InChI=1S/C15H19ClN4O4S/c1-5-24-13(22)9(3)25-15-17-11-10(20(15)7-6-8(2)16)12(21)18-14(23)19(11)4/h6,9H,5,7H2,1-4H3,(H,18,21,23)/b8-6-. The lowest BCUT2D eigenvalue weighted by Crippen LogP contribution is -2.29. The van der Waals surface area contributed by atoms with Crippen LogP contribution in [0.2, 0.25) is 0 Å². The molecule has 0 spiro atoms. The molecule has 8 nitrogen and oxygen atoms in total. The fourth-order valence-electron chi connectivity index (χ4n) is 2.16. The zero-order chi connectivity index (χ0) is 18.7. The van der Waals surface area contributed by atoms with Gasteiger partial charge in [0.15, 0.2) is 16.3 Å². The van der Waals surface area contributed by atoms with Crippen molar-refractivity contribution in [1.82, 2.24) is 19.1 Å². The fourth-order valence-corrected chi connectivity index (χ4v) is 3.14. The van der Waals surface area contributed by atoms with Crippen LogP contribution in [0.4, 0.5) is 0 Å². The Balaban J connectivity index is 2.60. The molecule has 10 heteroatoms. The van der Waals surface area contributed by atoms with Crippen molar-refractivity contribution in [3.05, 3.63) is 31.9 Å². The Kier molecular flexibility index (Phi) is 6.12. The van der Waals surface area contributed by atoms with Crippen molar-refractivity contribution < 1.29 is 9.53 Å². The van der Waals surface area contributed by atoms with E-state index in [-0.39, 0.29) is 30.3 Å². The lowest BCUT2D eigenvalue weighted by Gasteiger charge is -2.11. The van der Waals surface area contributed by atoms with Crippen molar-refractivity contribution >= 4 is 40.5 Å². The number of hydrogen-bond donors (Lipinski definition) is 1. The molecule has 0 aromatic carbocycles. The van der Waals surface area contributed by atoms with Crippen LogP contribution in [0.5, 0.6) is 0 Å². The van der Waals surface area contributed by atoms with E-state index in [1.165, 1.54) is 11.6 Å². The van der Waals surface area contributed by atoms with Gasteiger partial charge in [0, 0.05) is 18.6 Å². The molecule has 0 aliphatic heterocycles. The molecular weight excluding hydrogens is 368 g/mol. The van der Waals surface area contributed by atoms with Crippen LogP contribution in [0, 0.1) is 0 Å². The first kappa shape index (κ1) is 19.3. The van der Waals surface area contributed by atoms with E-state index in [0.717, 1.165) is 11.8 Å². The number of rotatable bonds is 6. The number of aromatic nitrogens is 4. The number of carbonyl (C=O) groups excluding carboxylic acids is 1. The lowest BCUT2D eigenvalue weighted by atomic mass is 10.4. The number of nitrogens with zero attached hydrogens (tertiary/aromatic N) is 3. The molecule has 0 saturated heterocycles. The number of nitrogens with one attached hydrogen (secondary N) is 1. The molecule has 2 heterocycles. The van der Waals surface area contributed by atoms with Crippen LogP contribution in [-0.2, 0) is 23.1 Å². The molecule has 0 saturated carbocycles. The molecule has 0 aliphatic carbocycles. The van der Waals surface area contributed by atoms with Crippen molar-refractivity contribution in [1.29, 1.82) is 0 Å². The summed E-state index contributed by atoms with van der Waals surface area (Å²) in [6, 6.07) is 0. The third kappa shape index (κ3) is 4.16. The van der Waals surface area contributed by atoms with Crippen molar-refractivity contribution in [2.45, 2.75) is 37.7 Å². The van der Waals surface area contributed by atoms with E-state index < -0.39 is 16.5 Å². The Hall–Kier alpha value is -2.00. The molecule has 2 rings (SSSR count). The fraction of sp³-hybridized carbons (Fsp3) is 0.467. The van der Waals surface area contributed by atoms with Gasteiger partial charge in [-0.1, -0.05) is 29.4 Å². The van der Waals surface area contributed by atoms with Gasteiger partial charge in [-0.25, -0.2) is 9.78 Å². The van der Waals surface area contributed by atoms with Gasteiger partial charge >= 0.3 is 11.7 Å². The minimum Gasteiger partial charge on any atom is -0.465 e. The molecule has 2 aromatic rings. The summed E-state index contributed by atoms with van der Waals surface area (Å²) in [7, 11) is 1.52. The van der Waals surface area contributed by atoms with Crippen LogP contribution in [0.3, 0.4) is 0 Å². The number of hydrogen-bond acceptors (Lipinski definition) is 6. The minimum absolute atomic E-state index is 0.243. The number of allylic oxidation sites excluding steroid dienone is 2. The Morgan fingerprint density at radius 3 is 2.76 bits per heavy atom. The van der Waals surface area contributed by atoms with Crippen LogP contribution in [-0.4, -0.2) is 36.9 Å². The van der Waals surface area contributed by atoms with Gasteiger partial charge < -0.3 is 9.30 Å². The first-order valence-electron chi connectivity index (χ1n) is 7.61. The second kappa shape index (κ2) is 7.92. The predicted octanol–water partition coefficient (Wildman–Crippen LogP) is 1.61. The lowest BCUT2D eigenvalue weighted by molar-refractivity contribution is -0.142. The van der Waals surface area contributed by atoms with Crippen LogP contribution >= 0.6 is 23.4 Å². The predicted molar refractivity (Wildman–Crippen MR) is 97.2 cm³/mol. The average molecular weight is 387 g/mol. The number of ether oxygens (including phenoxy) is 1. The molecule has 0 amide bonds. The van der Waals surface area contributed by atoms with Gasteiger partial charge in [-0.3, -0.25) is 19.1 Å². The SMILES string of the molecule is CCOC(=O)C(C)Sc1nc2c(c(=O)[nH]c(=O)n2C)n1C/C=C(/C)Cl. The molecule has 0 fully saturated rings. The molecule has 2 aromatic heterocycles. The van der Waals surface area contributed by atoms with Crippen LogP contribution in [0.15, 0.2) is 25.9 Å². The summed E-state index contributed by atoms with van der Waals surface area (Å²) in [4.78, 5) is 42.6. The monoisotopic (exact) mass is 386 g/mol. The number of aromatic amines is 1. The Bertz CT molecular complexity index is 939. The highest BCUT2D eigenvalue weighted by atomic mass is 35.5. The molecule has 0 aliphatic rings. The summed E-state index contributed by atoms with van der Waals surface area (Å²) < 4.78 is 7.88. The zero-order valence-electron chi connectivity index (χ0n) is 14.3. The van der Waals surface area contributed by atoms with E-state index in [4.69, 9.17) is 16.3 Å². The summed E-state index contributed by atoms with van der Waals surface area (Å²) in [5.41, 5.74) is -0.606. The Labute approximate surface area is 152 Å². The number of aryl methyl sites for hydroxylation is 1. The summed E-state index contributed by atoms with van der Waals surface area (Å²) in [6.07, 6.45) is 1.71. The summed E-state index contributed by atoms with van der Waals surface area (Å²) >= 11 is 7.05. The number of fused-ring (bicyclic) bond motifs is 1. The van der Waals surface area contributed by atoms with Crippen LogP contribution in [0.1, 0.15) is 20.8 Å². The molecule has 136 valence electrons. The van der Waals surface area contributed by atoms with Gasteiger partial charge in [0.1, 0.15) is 5.25 Å². The first-order valence-corrected chi connectivity index (χ1v) is 8.87. The van der Waals surface area contributed by atoms with E-state index in [1.54, 1.807) is 31.4 Å². The minimum atomic E-state index is -0.554. The van der Waals surface area contributed by atoms with Gasteiger partial charge in [-0.2, -0.15) is 0 Å². The first-order chi connectivity index (χ1) is 11.8. The summed E-state index contributed by atoms with van der Waals surface area (Å²) in [6.45, 7) is 5.70. The summed E-state index contributed by atoms with van der Waals surface area (Å²) in [5, 5.41) is 0.460. The maximum absolute atomic E-state index is 12.3. The zero-order valence-corrected chi connectivity index (χ0v) is 15.9. The van der Waals surface area contributed by atoms with Crippen LogP contribution < -0.4 is 11.2 Å². The summed E-state index contributed by atoms with van der Waals surface area (Å²) in [5.74, 6) is -0.377. The van der Waals surface area contributed by atoms with Crippen LogP contribution in [0.25, 0.3) is 11.2 Å². The number of halogens is 1. The highest BCUT2D eigenvalue weighted by Crippen LogP contribution is 2.26. The molecule has 0 bridgehead atoms. The third-order valence-electron chi connectivity index (χ3n) is 3.43. The van der Waals surface area contributed by atoms with E-state index in [9.17, 15) is 14.4 Å². The van der Waals surface area contributed by atoms with E-state index in [0.29, 0.717) is 10.2 Å². The van der Waals surface area contributed by atoms with Gasteiger partial charge in [-0.05, 0) is 20.8 Å². The largest absolute Gasteiger partial charge is 0.465 e. The van der Waals surface area contributed by atoms with Gasteiger partial charge in [0.25, 0.3) is 5.56 Å². The van der Waals surface area contributed by atoms with Crippen molar-refractivity contribution in [2.75, 3.05) is 6.61 Å². The topological polar surface area (TPSA) is 99.0 Å². The number of thioether (sulfide) groups is 1. The van der Waals surface area contributed by atoms with Crippen molar-refractivity contribution in [2.24, 2.45) is 7.05 Å². The Morgan fingerprint density at radius 2 is 2.16 bits per heavy atom. The van der Waals surface area contributed by atoms with Crippen molar-refractivity contribution in [3.63, 3.8) is 0 Å². The number of carbonyl (C=O) groups is 1. The number of H-pyrrole nitrogens is 1. The Morgan fingerprint density at radius 1 is 1.48 bits per heavy atom. The normalized spacial score (nSPS) is 13.2. The highest BCUT2D eigenvalue weighted by Gasteiger charge is 2.22. The second-order valence-electron chi connectivity index (χ2n) is 5.30. The van der Waals surface area contributed by atoms with E-state index in [2.05, 4.69) is 9.97 Å². The number of imidazole rings is 1. The smallest absolute Gasteiger partial charge is 0.329 e. The molecule has 25 heavy (non-hydrogen) atoms. The van der Waals surface area contributed by atoms with Gasteiger partial charge in [0.05, 0.1) is 6.61 Å². The quantitative estimate of drug-likeness (QED) is 0.598. The molecule has 1 unspecified atom stereocenters. The molecule has 0 radical (unpaired) electrons. The third-order valence-corrected chi connectivity index (χ3v) is 4.65. The second-order valence-corrected chi connectivity index (χ2v) is 7.20. The van der Waals surface area contributed by atoms with E-state index >= 15 is 0 Å². The highest BCUT2D eigenvalue weighted by molar-refractivity contribution is 8.00. The maximum atomic E-state index is 12.3. The molecule has 1 N–H and O–H groups in total. The maximum Gasteiger partial charge on any atom is 0.329 e. The van der Waals surface area contributed by atoms with Gasteiger partial charge in [0.2, 0.25) is 0 Å². The van der Waals surface area contributed by atoms with E-state index in [1.807, 2.05) is 0 Å². The average Bonchev–Trinajstić information content (AvgIpc) is 2.89. The molecular formula is C15H19ClN4O4S. The van der Waals surface area contributed by atoms with Crippen molar-refractivity contribution in [3.8, 4) is 0 Å². The van der Waals surface area contributed by atoms with Gasteiger partial charge in [-0.15, -0.1) is 0 Å².